The third-order valence-electron chi connectivity index (χ3n) is 4.02. The van der Waals surface area contributed by atoms with Crippen molar-refractivity contribution in [2.24, 2.45) is 0 Å². The van der Waals surface area contributed by atoms with Gasteiger partial charge in [0.2, 0.25) is 0 Å². The summed E-state index contributed by atoms with van der Waals surface area (Å²) in [4.78, 5) is 10.8. The average Bonchev–Trinajstić information content (AvgIpc) is 2.46. The van der Waals surface area contributed by atoms with Crippen LogP contribution in [0.5, 0.6) is 0 Å². The molecule has 1 saturated heterocycles. The first-order valence-electron chi connectivity index (χ1n) is 6.35. The number of aryl methyl sites for hydroxylation is 1. The van der Waals surface area contributed by atoms with Gasteiger partial charge in [0.25, 0.3) is 5.69 Å². The molecular weight excluding hydrogens is 280 g/mol. The summed E-state index contributed by atoms with van der Waals surface area (Å²) in [6, 6.07) is 3.00. The zero-order valence-electron chi connectivity index (χ0n) is 12.2. The molecule has 1 heterocycles. The van der Waals surface area contributed by atoms with E-state index in [-0.39, 0.29) is 5.69 Å². The maximum atomic E-state index is 11.2. The average molecular weight is 298 g/mol. The molecule has 0 unspecified atom stereocenters. The minimum Gasteiger partial charge on any atom is -0.399 e. The Bertz CT molecular complexity index is 558. The van der Waals surface area contributed by atoms with Crippen LogP contribution in [0.1, 0.15) is 33.3 Å². The Morgan fingerprint density at radius 2 is 1.70 bits per heavy atom. The molecule has 0 aliphatic carbocycles. The second-order valence-electron chi connectivity index (χ2n) is 6.00. The van der Waals surface area contributed by atoms with Crippen LogP contribution in [-0.2, 0) is 9.31 Å². The fourth-order valence-corrected chi connectivity index (χ4v) is 2.42. The van der Waals surface area contributed by atoms with E-state index in [0.717, 1.165) is 0 Å². The molecule has 0 spiro atoms. The lowest BCUT2D eigenvalue weighted by molar-refractivity contribution is -0.383. The number of benzene rings is 1. The van der Waals surface area contributed by atoms with Gasteiger partial charge in [0.05, 0.1) is 21.6 Å². The highest BCUT2D eigenvalue weighted by Crippen LogP contribution is 2.37. The van der Waals surface area contributed by atoms with Gasteiger partial charge in [-0.15, -0.1) is 0 Å². The maximum absolute atomic E-state index is 11.2. The van der Waals surface area contributed by atoms with Gasteiger partial charge in [-0.3, -0.25) is 10.1 Å². The molecule has 0 aromatic heterocycles. The minimum atomic E-state index is -0.766. The number of nitro benzene ring substituents is 1. The van der Waals surface area contributed by atoms with Crippen molar-refractivity contribution in [2.75, 3.05) is 0 Å². The number of halogens is 1. The Morgan fingerprint density at radius 1 is 1.20 bits per heavy atom. The first kappa shape index (κ1) is 15.3. The zero-order chi connectivity index (χ0) is 15.3. The third kappa shape index (κ3) is 2.43. The van der Waals surface area contributed by atoms with Crippen LogP contribution in [-0.4, -0.2) is 23.2 Å². The van der Waals surface area contributed by atoms with Crippen LogP contribution < -0.4 is 5.46 Å². The molecule has 0 amide bonds. The topological polar surface area (TPSA) is 61.6 Å². The van der Waals surface area contributed by atoms with Gasteiger partial charge >= 0.3 is 7.12 Å². The number of hydrogen-bond donors (Lipinski definition) is 0. The van der Waals surface area contributed by atoms with E-state index in [1.165, 1.54) is 6.07 Å². The van der Waals surface area contributed by atoms with E-state index < -0.39 is 23.2 Å². The first-order chi connectivity index (χ1) is 9.05. The number of nitro groups is 1. The number of nitrogens with zero attached hydrogens (tertiary/aromatic N) is 1. The van der Waals surface area contributed by atoms with Crippen molar-refractivity contribution >= 4 is 29.9 Å². The van der Waals surface area contributed by atoms with Crippen LogP contribution >= 0.6 is 11.6 Å². The monoisotopic (exact) mass is 297 g/mol. The summed E-state index contributed by atoms with van der Waals surface area (Å²) in [5.41, 5.74) is -0.0517. The van der Waals surface area contributed by atoms with Crippen molar-refractivity contribution < 1.29 is 14.2 Å². The molecule has 7 heteroatoms. The van der Waals surface area contributed by atoms with Crippen LogP contribution in [0.25, 0.3) is 0 Å². The van der Waals surface area contributed by atoms with Crippen molar-refractivity contribution in [1.29, 1.82) is 0 Å². The van der Waals surface area contributed by atoms with Gasteiger partial charge in [-0.05, 0) is 46.2 Å². The highest BCUT2D eigenvalue weighted by Gasteiger charge is 2.53. The second kappa shape index (κ2) is 4.72. The fraction of sp³-hybridized carbons (Fsp3) is 0.538. The molecule has 0 atom stereocenters. The standard InChI is InChI=1S/C13H17BClNO4/c1-8-6-9(15)7-10(16(17)18)11(8)14-19-12(2,3)13(4,5)20-14/h6-7H,1-5H3. The van der Waals surface area contributed by atoms with Crippen molar-refractivity contribution in [2.45, 2.75) is 45.8 Å². The van der Waals surface area contributed by atoms with E-state index in [1.54, 1.807) is 13.0 Å². The largest absolute Gasteiger partial charge is 0.502 e. The number of rotatable bonds is 2. The van der Waals surface area contributed by atoms with Crippen LogP contribution in [0.2, 0.25) is 5.02 Å². The van der Waals surface area contributed by atoms with Gasteiger partial charge in [-0.25, -0.2) is 0 Å². The molecule has 1 aromatic rings. The normalized spacial score (nSPS) is 20.2. The summed E-state index contributed by atoms with van der Waals surface area (Å²) in [7, 11) is -0.766. The Labute approximate surface area is 123 Å². The van der Waals surface area contributed by atoms with Crippen LogP contribution in [0, 0.1) is 17.0 Å². The fourth-order valence-electron chi connectivity index (χ4n) is 2.16. The van der Waals surface area contributed by atoms with Crippen LogP contribution in [0.15, 0.2) is 12.1 Å². The number of hydrogen-bond acceptors (Lipinski definition) is 4. The lowest BCUT2D eigenvalue weighted by Gasteiger charge is -2.32. The predicted molar refractivity (Wildman–Crippen MR) is 78.6 cm³/mol. The molecule has 1 aliphatic rings. The molecule has 0 radical (unpaired) electrons. The minimum absolute atomic E-state index is 0.0755. The molecule has 0 N–H and O–H groups in total. The van der Waals surface area contributed by atoms with Crippen molar-refractivity contribution in [3.8, 4) is 0 Å². The Balaban J connectivity index is 2.52. The summed E-state index contributed by atoms with van der Waals surface area (Å²) in [6.45, 7) is 9.39. The van der Waals surface area contributed by atoms with Crippen LogP contribution in [0.3, 0.4) is 0 Å². The SMILES string of the molecule is Cc1cc(Cl)cc([N+](=O)[O-])c1B1OC(C)(C)C(C)(C)O1. The Morgan fingerprint density at radius 3 is 2.15 bits per heavy atom. The molecular formula is C13H17BClNO4. The van der Waals surface area contributed by atoms with Crippen LogP contribution in [0.4, 0.5) is 5.69 Å². The Hall–Kier alpha value is -1.11. The summed E-state index contributed by atoms with van der Waals surface area (Å²) < 4.78 is 11.8. The summed E-state index contributed by atoms with van der Waals surface area (Å²) in [5.74, 6) is 0. The molecule has 1 fully saturated rings. The van der Waals surface area contributed by atoms with E-state index in [9.17, 15) is 10.1 Å². The predicted octanol–water partition coefficient (Wildman–Crippen LogP) is 2.86. The van der Waals surface area contributed by atoms with E-state index in [1.807, 2.05) is 27.7 Å². The highest BCUT2D eigenvalue weighted by atomic mass is 35.5. The molecule has 0 saturated carbocycles. The zero-order valence-corrected chi connectivity index (χ0v) is 12.9. The Kier molecular flexibility index (Phi) is 3.61. The van der Waals surface area contributed by atoms with E-state index in [2.05, 4.69) is 0 Å². The van der Waals surface area contributed by atoms with E-state index in [4.69, 9.17) is 20.9 Å². The lowest BCUT2D eigenvalue weighted by Crippen LogP contribution is -2.41. The van der Waals surface area contributed by atoms with Crippen molar-refractivity contribution in [3.05, 3.63) is 32.8 Å². The molecule has 5 nitrogen and oxygen atoms in total. The molecule has 2 rings (SSSR count). The molecule has 1 aliphatic heterocycles. The van der Waals surface area contributed by atoms with Gasteiger partial charge in [0, 0.05) is 11.1 Å². The van der Waals surface area contributed by atoms with Gasteiger partial charge in [0.15, 0.2) is 0 Å². The van der Waals surface area contributed by atoms with E-state index in [0.29, 0.717) is 16.0 Å². The summed E-state index contributed by atoms with van der Waals surface area (Å²) in [6.07, 6.45) is 0. The third-order valence-corrected chi connectivity index (χ3v) is 4.23. The quantitative estimate of drug-likeness (QED) is 0.478. The highest BCUT2D eigenvalue weighted by molar-refractivity contribution is 6.64. The van der Waals surface area contributed by atoms with Crippen molar-refractivity contribution in [3.63, 3.8) is 0 Å². The summed E-state index contributed by atoms with van der Waals surface area (Å²) >= 11 is 5.90. The first-order valence-corrected chi connectivity index (χ1v) is 6.73. The van der Waals surface area contributed by atoms with Gasteiger partial charge in [-0.1, -0.05) is 11.6 Å². The second-order valence-corrected chi connectivity index (χ2v) is 6.44. The molecule has 20 heavy (non-hydrogen) atoms. The molecule has 0 bridgehead atoms. The summed E-state index contributed by atoms with van der Waals surface area (Å²) in [5, 5.41) is 11.6. The van der Waals surface area contributed by atoms with Gasteiger partial charge in [-0.2, -0.15) is 0 Å². The smallest absolute Gasteiger partial charge is 0.399 e. The molecule has 108 valence electrons. The van der Waals surface area contributed by atoms with Crippen molar-refractivity contribution in [1.82, 2.24) is 0 Å². The van der Waals surface area contributed by atoms with Gasteiger partial charge < -0.3 is 9.31 Å². The van der Waals surface area contributed by atoms with Gasteiger partial charge in [0.1, 0.15) is 0 Å². The lowest BCUT2D eigenvalue weighted by atomic mass is 9.75. The van der Waals surface area contributed by atoms with E-state index >= 15 is 0 Å². The maximum Gasteiger partial charge on any atom is 0.502 e. The molecule has 1 aromatic carbocycles.